The van der Waals surface area contributed by atoms with Crippen LogP contribution in [-0.4, -0.2) is 82.9 Å². The number of benzene rings is 1. The Morgan fingerprint density at radius 2 is 1.50 bits per heavy atom. The number of para-hydroxylation sites is 1. The molecule has 0 radical (unpaired) electrons. The summed E-state index contributed by atoms with van der Waals surface area (Å²) in [4.78, 5) is 69.9. The number of rotatable bonds is 20. The summed E-state index contributed by atoms with van der Waals surface area (Å²) in [5, 5.41) is 18.2. The lowest BCUT2D eigenvalue weighted by atomic mass is 10.0. The van der Waals surface area contributed by atoms with Crippen LogP contribution in [0.5, 0.6) is 0 Å². The van der Waals surface area contributed by atoms with Gasteiger partial charge in [0.1, 0.15) is 18.1 Å². The number of nitrogens with one attached hydrogen (secondary N) is 4. The largest absolute Gasteiger partial charge is 0.480 e. The number of nitrogens with two attached hydrogens (primary N) is 5. The van der Waals surface area contributed by atoms with E-state index in [4.69, 9.17) is 28.7 Å². The number of unbranched alkanes of at least 4 members (excludes halogenated alkanes) is 1. The van der Waals surface area contributed by atoms with Gasteiger partial charge in [-0.25, -0.2) is 4.79 Å². The molecule has 0 spiro atoms. The smallest absolute Gasteiger partial charge is 0.326 e. The second-order valence-corrected chi connectivity index (χ2v) is 10.4. The minimum Gasteiger partial charge on any atom is -0.480 e. The predicted octanol–water partition coefficient (Wildman–Crippen LogP) is -1.98. The van der Waals surface area contributed by atoms with Crippen molar-refractivity contribution in [2.24, 2.45) is 33.7 Å². The van der Waals surface area contributed by atoms with Crippen LogP contribution in [0.15, 0.2) is 35.5 Å². The zero-order chi connectivity index (χ0) is 32.6. The van der Waals surface area contributed by atoms with Gasteiger partial charge in [0.25, 0.3) is 0 Å². The monoisotopic (exact) mass is 616 g/mol. The normalized spacial score (nSPS) is 13.7. The third-order valence-electron chi connectivity index (χ3n) is 6.91. The van der Waals surface area contributed by atoms with Gasteiger partial charge in [-0.3, -0.25) is 24.2 Å². The minimum absolute atomic E-state index is 0.00246. The average Bonchev–Trinajstić information content (AvgIpc) is 3.38. The number of H-pyrrole nitrogens is 1. The molecule has 16 heteroatoms. The lowest BCUT2D eigenvalue weighted by molar-refractivity contribution is -0.142. The fourth-order valence-electron chi connectivity index (χ4n) is 4.51. The zero-order valence-electron chi connectivity index (χ0n) is 24.6. The van der Waals surface area contributed by atoms with Gasteiger partial charge >= 0.3 is 5.97 Å². The number of carboxylic acid groups (broad SMARTS) is 1. The lowest BCUT2D eigenvalue weighted by Gasteiger charge is -2.25. The van der Waals surface area contributed by atoms with Crippen molar-refractivity contribution in [3.63, 3.8) is 0 Å². The Bertz CT molecular complexity index is 1310. The Morgan fingerprint density at radius 3 is 2.16 bits per heavy atom. The molecule has 0 fully saturated rings. The van der Waals surface area contributed by atoms with E-state index < -0.39 is 53.8 Å². The summed E-state index contributed by atoms with van der Waals surface area (Å²) in [6.45, 7) is 0.658. The van der Waals surface area contributed by atoms with Crippen molar-refractivity contribution in [1.29, 1.82) is 0 Å². The van der Waals surface area contributed by atoms with Crippen molar-refractivity contribution in [1.82, 2.24) is 20.9 Å². The molecule has 4 unspecified atom stereocenters. The first-order valence-electron chi connectivity index (χ1n) is 14.4. The van der Waals surface area contributed by atoms with Crippen LogP contribution in [0.25, 0.3) is 10.9 Å². The number of carbonyl (C=O) groups excluding carboxylic acids is 4. The van der Waals surface area contributed by atoms with Crippen LogP contribution in [0.4, 0.5) is 0 Å². The number of nitrogens with zero attached hydrogens (tertiary/aromatic N) is 1. The van der Waals surface area contributed by atoms with E-state index in [9.17, 15) is 29.1 Å². The molecule has 0 saturated heterocycles. The van der Waals surface area contributed by atoms with Crippen molar-refractivity contribution < 1.29 is 29.1 Å². The van der Waals surface area contributed by atoms with E-state index in [2.05, 4.69) is 25.9 Å². The van der Waals surface area contributed by atoms with Crippen LogP contribution in [0.1, 0.15) is 50.5 Å². The van der Waals surface area contributed by atoms with Crippen molar-refractivity contribution >= 4 is 46.5 Å². The Kier molecular flexibility index (Phi) is 14.6. The second-order valence-electron chi connectivity index (χ2n) is 10.4. The van der Waals surface area contributed by atoms with Gasteiger partial charge in [-0.05, 0) is 56.7 Å². The molecule has 242 valence electrons. The molecule has 0 aliphatic rings. The average molecular weight is 617 g/mol. The Balaban J connectivity index is 2.26. The fourth-order valence-corrected chi connectivity index (χ4v) is 4.51. The summed E-state index contributed by atoms with van der Waals surface area (Å²) >= 11 is 0. The van der Waals surface area contributed by atoms with E-state index in [1.807, 2.05) is 24.3 Å². The molecule has 2 aromatic rings. The van der Waals surface area contributed by atoms with Gasteiger partial charge in [-0.2, -0.15) is 0 Å². The fraction of sp³-hybridized carbons (Fsp3) is 0.500. The first-order valence-corrected chi connectivity index (χ1v) is 14.4. The summed E-state index contributed by atoms with van der Waals surface area (Å²) < 4.78 is 0. The van der Waals surface area contributed by atoms with Crippen LogP contribution in [0.3, 0.4) is 0 Å². The number of carboxylic acids is 1. The summed E-state index contributed by atoms with van der Waals surface area (Å²) in [6.07, 6.45) is 3.19. The highest BCUT2D eigenvalue weighted by Gasteiger charge is 2.31. The Morgan fingerprint density at radius 1 is 0.841 bits per heavy atom. The highest BCUT2D eigenvalue weighted by Crippen LogP contribution is 2.19. The number of carbonyl (C=O) groups is 5. The van der Waals surface area contributed by atoms with Crippen molar-refractivity contribution in [2.45, 2.75) is 75.5 Å². The summed E-state index contributed by atoms with van der Waals surface area (Å²) in [5.74, 6) is -4.18. The minimum atomic E-state index is -1.42. The zero-order valence-corrected chi connectivity index (χ0v) is 24.6. The van der Waals surface area contributed by atoms with Gasteiger partial charge in [0.2, 0.25) is 23.6 Å². The highest BCUT2D eigenvalue weighted by molar-refractivity contribution is 5.95. The molecule has 1 aromatic carbocycles. The quantitative estimate of drug-likeness (QED) is 0.0444. The SMILES string of the molecule is NCCCCC(NC(=O)C(N)CCCN=C(N)N)C(=O)NC(Cc1c[nH]c2ccccc12)C(=O)NC(CCC(N)=O)C(=O)O. The topological polar surface area (TPSA) is 300 Å². The third kappa shape index (κ3) is 11.9. The maximum atomic E-state index is 13.6. The molecule has 1 aromatic heterocycles. The summed E-state index contributed by atoms with van der Waals surface area (Å²) in [7, 11) is 0. The maximum absolute atomic E-state index is 13.6. The lowest BCUT2D eigenvalue weighted by Crippen LogP contribution is -2.57. The number of aliphatic imine (C=N–C) groups is 1. The van der Waals surface area contributed by atoms with Crippen LogP contribution in [0, 0.1) is 0 Å². The maximum Gasteiger partial charge on any atom is 0.326 e. The molecular weight excluding hydrogens is 572 g/mol. The van der Waals surface area contributed by atoms with Gasteiger partial charge in [0, 0.05) is 36.5 Å². The molecule has 16 nitrogen and oxygen atoms in total. The number of hydrogen-bond donors (Lipinski definition) is 10. The Hall–Kier alpha value is -4.70. The number of fused-ring (bicyclic) bond motifs is 1. The van der Waals surface area contributed by atoms with E-state index >= 15 is 0 Å². The van der Waals surface area contributed by atoms with E-state index in [-0.39, 0.29) is 44.6 Å². The van der Waals surface area contributed by atoms with Crippen molar-refractivity contribution in [3.05, 3.63) is 36.0 Å². The molecule has 15 N–H and O–H groups in total. The predicted molar refractivity (Wildman–Crippen MR) is 165 cm³/mol. The van der Waals surface area contributed by atoms with Gasteiger partial charge in [-0.1, -0.05) is 18.2 Å². The molecule has 1 heterocycles. The van der Waals surface area contributed by atoms with Crippen LogP contribution in [0.2, 0.25) is 0 Å². The molecule has 4 amide bonds. The number of hydrogen-bond acceptors (Lipinski definition) is 8. The molecule has 2 rings (SSSR count). The first kappa shape index (κ1) is 35.5. The Labute approximate surface area is 254 Å². The molecule has 0 saturated carbocycles. The number of primary amides is 1. The highest BCUT2D eigenvalue weighted by atomic mass is 16.4. The molecule has 0 aliphatic heterocycles. The van der Waals surface area contributed by atoms with E-state index in [1.165, 1.54) is 0 Å². The molecule has 44 heavy (non-hydrogen) atoms. The van der Waals surface area contributed by atoms with Gasteiger partial charge in [-0.15, -0.1) is 0 Å². The van der Waals surface area contributed by atoms with Gasteiger partial charge in [0.05, 0.1) is 6.04 Å². The standard InChI is InChI=1S/C28H44N10O6/c29-12-4-3-9-20(36-24(40)18(30)7-5-13-34-28(32)33)25(41)38-22(14-16-15-35-19-8-2-1-6-17(16)19)26(42)37-21(27(43)44)10-11-23(31)39/h1-2,6,8,15,18,20-22,35H,3-5,7,9-14,29-30H2,(H2,31,39)(H,36,40)(H,37,42)(H,38,41)(H,43,44)(H4,32,33,34). The molecule has 0 aliphatic carbocycles. The third-order valence-corrected chi connectivity index (χ3v) is 6.91. The molecule has 0 bridgehead atoms. The molecule has 4 atom stereocenters. The summed E-state index contributed by atoms with van der Waals surface area (Å²) in [5.41, 5.74) is 28.9. The van der Waals surface area contributed by atoms with Gasteiger partial charge < -0.3 is 54.7 Å². The summed E-state index contributed by atoms with van der Waals surface area (Å²) in [6, 6.07) is 2.69. The number of aliphatic carboxylic acids is 1. The van der Waals surface area contributed by atoms with E-state index in [1.54, 1.807) is 6.20 Å². The van der Waals surface area contributed by atoms with E-state index in [0.717, 1.165) is 10.9 Å². The number of aromatic nitrogens is 1. The van der Waals surface area contributed by atoms with Crippen LogP contribution in [-0.2, 0) is 30.4 Å². The second kappa shape index (κ2) is 18.1. The van der Waals surface area contributed by atoms with Gasteiger partial charge in [0.15, 0.2) is 5.96 Å². The molecular formula is C28H44N10O6. The first-order chi connectivity index (χ1) is 20.9. The number of guanidine groups is 1. The van der Waals surface area contributed by atoms with Crippen molar-refractivity contribution in [3.8, 4) is 0 Å². The number of aromatic amines is 1. The van der Waals surface area contributed by atoms with Crippen LogP contribution >= 0.6 is 0 Å². The van der Waals surface area contributed by atoms with Crippen molar-refractivity contribution in [2.75, 3.05) is 13.1 Å². The van der Waals surface area contributed by atoms with Crippen LogP contribution < -0.4 is 44.6 Å². The number of amides is 4. The van der Waals surface area contributed by atoms with E-state index in [0.29, 0.717) is 31.4 Å².